The molecule has 0 saturated carbocycles. The van der Waals surface area contributed by atoms with E-state index in [9.17, 15) is 0 Å². The van der Waals surface area contributed by atoms with E-state index in [1.54, 1.807) is 6.21 Å². The third-order valence-electron chi connectivity index (χ3n) is 4.48. The zero-order valence-electron chi connectivity index (χ0n) is 14.4. The normalized spacial score (nSPS) is 23.2. The lowest BCUT2D eigenvalue weighted by Crippen LogP contribution is -2.29. The molecule has 0 N–H and O–H groups in total. The van der Waals surface area contributed by atoms with Crippen LogP contribution in [0.3, 0.4) is 0 Å². The summed E-state index contributed by atoms with van der Waals surface area (Å²) in [6.07, 6.45) is 1.85. The van der Waals surface area contributed by atoms with Crippen molar-refractivity contribution in [1.82, 2.24) is 0 Å². The first-order valence-corrected chi connectivity index (χ1v) is 8.87. The number of rotatable bonds is 4. The van der Waals surface area contributed by atoms with Crippen molar-refractivity contribution >= 4 is 6.21 Å². The molecule has 1 aliphatic heterocycles. The van der Waals surface area contributed by atoms with Gasteiger partial charge < -0.3 is 9.47 Å². The fraction of sp³-hybridized carbons (Fsp3) is 0.174. The molecule has 0 aromatic heterocycles. The standard InChI is InChI=1S/C23H21NO2/c1-4-10-18(11-5-1)17-24-23-25-21(19-12-6-2-7-13-19)16-22(26-23)20-14-8-3-9-15-20/h1-15,17,21-23H,16H2/b24-17+/t21-,22-/m0/s1. The highest BCUT2D eigenvalue weighted by Gasteiger charge is 2.31. The van der Waals surface area contributed by atoms with E-state index in [2.05, 4.69) is 29.3 Å². The van der Waals surface area contributed by atoms with Crippen molar-refractivity contribution in [2.24, 2.45) is 4.99 Å². The highest BCUT2D eigenvalue weighted by molar-refractivity contribution is 5.79. The number of hydrogen-bond acceptors (Lipinski definition) is 3. The second-order valence-electron chi connectivity index (χ2n) is 6.30. The molecule has 3 aromatic rings. The Hall–Kier alpha value is -2.75. The summed E-state index contributed by atoms with van der Waals surface area (Å²) in [6.45, 7) is 0. The Balaban J connectivity index is 1.58. The smallest absolute Gasteiger partial charge is 0.259 e. The van der Waals surface area contributed by atoms with Crippen molar-refractivity contribution < 1.29 is 9.47 Å². The maximum atomic E-state index is 6.13. The maximum absolute atomic E-state index is 6.13. The molecule has 0 radical (unpaired) electrons. The fourth-order valence-electron chi connectivity index (χ4n) is 3.14. The van der Waals surface area contributed by atoms with Gasteiger partial charge in [0, 0.05) is 12.6 Å². The zero-order valence-corrected chi connectivity index (χ0v) is 14.4. The molecular weight excluding hydrogens is 322 g/mol. The minimum Gasteiger partial charge on any atom is -0.326 e. The van der Waals surface area contributed by atoms with Gasteiger partial charge in [-0.25, -0.2) is 4.99 Å². The second kappa shape index (κ2) is 8.09. The van der Waals surface area contributed by atoms with E-state index in [4.69, 9.17) is 9.47 Å². The molecule has 0 spiro atoms. The molecule has 0 bridgehead atoms. The second-order valence-corrected chi connectivity index (χ2v) is 6.30. The first-order chi connectivity index (χ1) is 12.9. The molecule has 1 saturated heterocycles. The molecule has 0 amide bonds. The largest absolute Gasteiger partial charge is 0.326 e. The monoisotopic (exact) mass is 343 g/mol. The summed E-state index contributed by atoms with van der Waals surface area (Å²) in [5.74, 6) is 0. The number of ether oxygens (including phenoxy) is 2. The van der Waals surface area contributed by atoms with E-state index in [1.807, 2.05) is 66.7 Å². The molecule has 1 fully saturated rings. The molecule has 2 atom stereocenters. The third kappa shape index (κ3) is 4.07. The van der Waals surface area contributed by atoms with Crippen LogP contribution in [0.5, 0.6) is 0 Å². The Kier molecular flexibility index (Phi) is 5.19. The van der Waals surface area contributed by atoms with Crippen molar-refractivity contribution in [3.63, 3.8) is 0 Å². The molecule has 3 heteroatoms. The van der Waals surface area contributed by atoms with Crippen molar-refractivity contribution in [3.05, 3.63) is 108 Å². The summed E-state index contributed by atoms with van der Waals surface area (Å²) in [5, 5.41) is 0. The number of aliphatic imine (C=N–C) groups is 1. The van der Waals surface area contributed by atoms with E-state index >= 15 is 0 Å². The molecular formula is C23H21NO2. The summed E-state index contributed by atoms with van der Waals surface area (Å²) in [6, 6.07) is 30.5. The first-order valence-electron chi connectivity index (χ1n) is 8.87. The summed E-state index contributed by atoms with van der Waals surface area (Å²) >= 11 is 0. The molecule has 130 valence electrons. The van der Waals surface area contributed by atoms with E-state index in [0.717, 1.165) is 23.1 Å². The lowest BCUT2D eigenvalue weighted by molar-refractivity contribution is -0.243. The summed E-state index contributed by atoms with van der Waals surface area (Å²) in [7, 11) is 0. The van der Waals surface area contributed by atoms with Crippen LogP contribution in [0.4, 0.5) is 0 Å². The van der Waals surface area contributed by atoms with Crippen LogP contribution in [0.2, 0.25) is 0 Å². The van der Waals surface area contributed by atoms with Crippen LogP contribution < -0.4 is 0 Å². The maximum Gasteiger partial charge on any atom is 0.259 e. The van der Waals surface area contributed by atoms with Gasteiger partial charge in [0.25, 0.3) is 6.41 Å². The Morgan fingerprint density at radius 2 is 1.12 bits per heavy atom. The molecule has 1 aliphatic rings. The third-order valence-corrected chi connectivity index (χ3v) is 4.48. The van der Waals surface area contributed by atoms with Crippen molar-refractivity contribution in [2.45, 2.75) is 25.0 Å². The predicted molar refractivity (Wildman–Crippen MR) is 103 cm³/mol. The van der Waals surface area contributed by atoms with Gasteiger partial charge in [-0.2, -0.15) is 0 Å². The average molecular weight is 343 g/mol. The Morgan fingerprint density at radius 3 is 1.62 bits per heavy atom. The summed E-state index contributed by atoms with van der Waals surface area (Å²) in [5.41, 5.74) is 3.33. The van der Waals surface area contributed by atoms with Gasteiger partial charge in [0.2, 0.25) is 0 Å². The fourth-order valence-corrected chi connectivity index (χ4v) is 3.14. The summed E-state index contributed by atoms with van der Waals surface area (Å²) in [4.78, 5) is 4.54. The van der Waals surface area contributed by atoms with Crippen LogP contribution >= 0.6 is 0 Å². The van der Waals surface area contributed by atoms with Gasteiger partial charge in [0.05, 0.1) is 12.2 Å². The molecule has 3 nitrogen and oxygen atoms in total. The molecule has 0 aliphatic carbocycles. The highest BCUT2D eigenvalue weighted by Crippen LogP contribution is 2.38. The van der Waals surface area contributed by atoms with Crippen LogP contribution in [0.15, 0.2) is 96.0 Å². The average Bonchev–Trinajstić information content (AvgIpc) is 2.74. The van der Waals surface area contributed by atoms with Gasteiger partial charge in [0.15, 0.2) is 0 Å². The summed E-state index contributed by atoms with van der Waals surface area (Å²) < 4.78 is 12.3. The highest BCUT2D eigenvalue weighted by atomic mass is 16.7. The number of nitrogens with zero attached hydrogens (tertiary/aromatic N) is 1. The van der Waals surface area contributed by atoms with E-state index in [0.29, 0.717) is 0 Å². The molecule has 0 unspecified atom stereocenters. The van der Waals surface area contributed by atoms with Gasteiger partial charge >= 0.3 is 0 Å². The van der Waals surface area contributed by atoms with Crippen molar-refractivity contribution in [2.75, 3.05) is 0 Å². The first kappa shape index (κ1) is 16.7. The van der Waals surface area contributed by atoms with E-state index in [1.165, 1.54) is 0 Å². The quantitative estimate of drug-likeness (QED) is 0.601. The zero-order chi connectivity index (χ0) is 17.6. The van der Waals surface area contributed by atoms with E-state index < -0.39 is 6.41 Å². The van der Waals surface area contributed by atoms with Crippen LogP contribution in [-0.2, 0) is 9.47 Å². The molecule has 1 heterocycles. The number of hydrogen-bond donors (Lipinski definition) is 0. The van der Waals surface area contributed by atoms with Crippen LogP contribution in [-0.4, -0.2) is 12.6 Å². The Morgan fingerprint density at radius 1 is 0.654 bits per heavy atom. The molecule has 3 aromatic carbocycles. The van der Waals surface area contributed by atoms with Gasteiger partial charge in [0.1, 0.15) is 0 Å². The minimum atomic E-state index is -0.626. The lowest BCUT2D eigenvalue weighted by Gasteiger charge is -2.34. The van der Waals surface area contributed by atoms with Gasteiger partial charge in [-0.3, -0.25) is 0 Å². The predicted octanol–water partition coefficient (Wildman–Crippen LogP) is 5.31. The topological polar surface area (TPSA) is 30.8 Å². The van der Waals surface area contributed by atoms with Crippen molar-refractivity contribution in [1.29, 1.82) is 0 Å². The van der Waals surface area contributed by atoms with Crippen LogP contribution in [0.25, 0.3) is 0 Å². The SMILES string of the molecule is C(=N\C1O[C@H](c2ccccc2)C[C@@H](c2ccccc2)O1)/c1ccccc1. The number of benzene rings is 3. The van der Waals surface area contributed by atoms with Gasteiger partial charge in [-0.15, -0.1) is 0 Å². The van der Waals surface area contributed by atoms with Gasteiger partial charge in [-0.05, 0) is 16.7 Å². The minimum absolute atomic E-state index is 0.0481. The Bertz CT molecular complexity index is 786. The van der Waals surface area contributed by atoms with Gasteiger partial charge in [-0.1, -0.05) is 91.0 Å². The van der Waals surface area contributed by atoms with Crippen LogP contribution in [0, 0.1) is 0 Å². The lowest BCUT2D eigenvalue weighted by atomic mass is 9.98. The van der Waals surface area contributed by atoms with Crippen LogP contribution in [0.1, 0.15) is 35.3 Å². The molecule has 4 rings (SSSR count). The molecule has 26 heavy (non-hydrogen) atoms. The Labute approximate surface area is 153 Å². The van der Waals surface area contributed by atoms with Crippen molar-refractivity contribution in [3.8, 4) is 0 Å². The van der Waals surface area contributed by atoms with E-state index in [-0.39, 0.29) is 12.2 Å².